The van der Waals surface area contributed by atoms with E-state index in [1.807, 2.05) is 0 Å². The molecule has 0 spiro atoms. The summed E-state index contributed by atoms with van der Waals surface area (Å²) in [6, 6.07) is 9.35. The zero-order valence-corrected chi connectivity index (χ0v) is 15.0. The molecule has 20 heavy (non-hydrogen) atoms. The van der Waals surface area contributed by atoms with Crippen molar-refractivity contribution in [2.45, 2.75) is 11.9 Å². The van der Waals surface area contributed by atoms with Crippen LogP contribution in [0.25, 0.3) is 0 Å². The fourth-order valence-electron chi connectivity index (χ4n) is 1.26. The maximum Gasteiger partial charge on any atom is 0.137 e. The summed E-state index contributed by atoms with van der Waals surface area (Å²) in [5.74, 6) is -0.526. The Morgan fingerprint density at radius 1 is 0.850 bits per heavy atom. The number of aliphatic hydroxyl groups is 1. The van der Waals surface area contributed by atoms with Gasteiger partial charge in [-0.05, 0) is 67.3 Å². The molecule has 0 heterocycles. The van der Waals surface area contributed by atoms with Gasteiger partial charge >= 0.3 is 0 Å². The Balaban J connectivity index is 0.000000200. The number of benzene rings is 2. The van der Waals surface area contributed by atoms with Crippen LogP contribution in [-0.4, -0.2) is 5.11 Å². The van der Waals surface area contributed by atoms with Crippen LogP contribution in [0.15, 0.2) is 45.3 Å². The van der Waals surface area contributed by atoms with Gasteiger partial charge in [0.15, 0.2) is 0 Å². The van der Waals surface area contributed by atoms with Crippen LogP contribution in [0, 0.1) is 11.6 Å². The summed E-state index contributed by atoms with van der Waals surface area (Å²) in [7, 11) is 0. The van der Waals surface area contributed by atoms with Crippen molar-refractivity contribution in [1.82, 2.24) is 0 Å². The first-order valence-electron chi connectivity index (χ1n) is 5.52. The molecule has 0 unspecified atom stereocenters. The summed E-state index contributed by atoms with van der Waals surface area (Å²) >= 11 is 9.36. The van der Waals surface area contributed by atoms with Crippen LogP contribution in [0.4, 0.5) is 8.78 Å². The average Bonchev–Trinajstić information content (AvgIpc) is 2.45. The number of hydrogen-bond acceptors (Lipinski definition) is 1. The van der Waals surface area contributed by atoms with E-state index >= 15 is 0 Å². The van der Waals surface area contributed by atoms with Crippen LogP contribution in [0.3, 0.4) is 0 Å². The first kappa shape index (κ1) is 17.8. The average molecular weight is 473 g/mol. The van der Waals surface area contributed by atoms with Crippen LogP contribution >= 0.6 is 47.8 Å². The number of hydrogen-bond donors (Lipinski definition) is 1. The van der Waals surface area contributed by atoms with Crippen molar-refractivity contribution in [2.75, 3.05) is 0 Å². The lowest BCUT2D eigenvalue weighted by molar-refractivity contribution is 0.281. The second-order valence-electron chi connectivity index (χ2n) is 3.79. The minimum atomic E-state index is -0.308. The molecule has 2 rings (SSSR count). The zero-order valence-electron chi connectivity index (χ0n) is 10.2. The van der Waals surface area contributed by atoms with Crippen molar-refractivity contribution in [1.29, 1.82) is 0 Å². The third-order valence-corrected chi connectivity index (χ3v) is 4.17. The van der Waals surface area contributed by atoms with E-state index in [0.29, 0.717) is 14.5 Å². The second kappa shape index (κ2) is 8.87. The molecule has 0 bridgehead atoms. The lowest BCUT2D eigenvalue weighted by Crippen LogP contribution is -1.84. The predicted molar refractivity (Wildman–Crippen MR) is 86.8 cm³/mol. The van der Waals surface area contributed by atoms with Crippen LogP contribution in [0.5, 0.6) is 0 Å². The summed E-state index contributed by atoms with van der Waals surface area (Å²) in [6.45, 7) is -0.0567. The third-order valence-electron chi connectivity index (χ3n) is 2.30. The molecule has 1 nitrogen and oxygen atoms in total. The Hall–Kier alpha value is -0.300. The molecule has 0 aliphatic carbocycles. The lowest BCUT2D eigenvalue weighted by atomic mass is 10.2. The van der Waals surface area contributed by atoms with Crippen LogP contribution in [0.1, 0.15) is 11.1 Å². The van der Waals surface area contributed by atoms with E-state index in [9.17, 15) is 8.78 Å². The molecule has 0 atom stereocenters. The summed E-state index contributed by atoms with van der Waals surface area (Å²) in [4.78, 5) is 0. The smallest absolute Gasteiger partial charge is 0.137 e. The lowest BCUT2D eigenvalue weighted by Gasteiger charge is -1.96. The SMILES string of the molecule is Fc1ccc(CBr)cc1Br.OCc1ccc(F)c(Br)c1. The normalized spacial score (nSPS) is 9.90. The quantitative estimate of drug-likeness (QED) is 0.567. The minimum Gasteiger partial charge on any atom is -0.392 e. The Labute approximate surface area is 141 Å². The molecule has 0 saturated heterocycles. The number of alkyl halides is 1. The Kier molecular flexibility index (Phi) is 7.87. The maximum atomic E-state index is 12.6. The van der Waals surface area contributed by atoms with Gasteiger partial charge in [-0.15, -0.1) is 0 Å². The van der Waals surface area contributed by atoms with E-state index < -0.39 is 0 Å². The molecule has 6 heteroatoms. The van der Waals surface area contributed by atoms with Crippen molar-refractivity contribution >= 4 is 47.8 Å². The van der Waals surface area contributed by atoms with Gasteiger partial charge in [0, 0.05) is 5.33 Å². The molecule has 0 aliphatic heterocycles. The first-order chi connectivity index (χ1) is 9.47. The molecular weight excluding hydrogens is 462 g/mol. The van der Waals surface area contributed by atoms with E-state index in [1.54, 1.807) is 24.3 Å². The van der Waals surface area contributed by atoms with E-state index in [1.165, 1.54) is 12.1 Å². The van der Waals surface area contributed by atoms with Gasteiger partial charge in [-0.2, -0.15) is 0 Å². The zero-order chi connectivity index (χ0) is 15.1. The Morgan fingerprint density at radius 3 is 1.70 bits per heavy atom. The molecule has 108 valence electrons. The number of rotatable bonds is 2. The minimum absolute atomic E-state index is 0.0567. The third kappa shape index (κ3) is 5.60. The van der Waals surface area contributed by atoms with Gasteiger partial charge in [-0.1, -0.05) is 28.1 Å². The van der Waals surface area contributed by atoms with Gasteiger partial charge in [0.05, 0.1) is 15.6 Å². The second-order valence-corrected chi connectivity index (χ2v) is 6.06. The summed E-state index contributed by atoms with van der Waals surface area (Å²) in [5.41, 5.74) is 1.77. The largest absolute Gasteiger partial charge is 0.392 e. The van der Waals surface area contributed by atoms with Gasteiger partial charge < -0.3 is 5.11 Å². The van der Waals surface area contributed by atoms with Crippen molar-refractivity contribution in [3.05, 3.63) is 68.1 Å². The van der Waals surface area contributed by atoms with Gasteiger partial charge in [-0.25, -0.2) is 8.78 Å². The van der Waals surface area contributed by atoms with Crippen molar-refractivity contribution in [3.8, 4) is 0 Å². The fourth-order valence-corrected chi connectivity index (χ4v) is 2.46. The van der Waals surface area contributed by atoms with Gasteiger partial charge in [0.25, 0.3) is 0 Å². The Bertz CT molecular complexity index is 525. The van der Waals surface area contributed by atoms with Gasteiger partial charge in [0.1, 0.15) is 11.6 Å². The highest BCUT2D eigenvalue weighted by atomic mass is 79.9. The van der Waals surface area contributed by atoms with Crippen LogP contribution < -0.4 is 0 Å². The predicted octanol–water partition coefficient (Wildman–Crippen LogP) is 5.56. The topological polar surface area (TPSA) is 20.2 Å². The van der Waals surface area contributed by atoms with E-state index in [0.717, 1.165) is 10.9 Å². The standard InChI is InChI=1S/C7H5Br2F.C7H6BrFO/c8-4-5-1-2-7(10)6(9)3-5;8-6-3-5(4-10)1-2-7(6)9/h1-3H,4H2;1-3,10H,4H2. The van der Waals surface area contributed by atoms with E-state index in [4.69, 9.17) is 5.11 Å². The molecule has 0 saturated carbocycles. The monoisotopic (exact) mass is 470 g/mol. The molecule has 0 aliphatic rings. The van der Waals surface area contributed by atoms with Gasteiger partial charge in [0.2, 0.25) is 0 Å². The molecule has 2 aromatic carbocycles. The van der Waals surface area contributed by atoms with Crippen LogP contribution in [0.2, 0.25) is 0 Å². The van der Waals surface area contributed by atoms with Gasteiger partial charge in [-0.3, -0.25) is 0 Å². The molecule has 0 radical (unpaired) electrons. The number of aliphatic hydroxyl groups excluding tert-OH is 1. The van der Waals surface area contributed by atoms with Crippen molar-refractivity contribution < 1.29 is 13.9 Å². The molecular formula is C14H11Br3F2O. The molecule has 0 amide bonds. The molecule has 2 aromatic rings. The first-order valence-corrected chi connectivity index (χ1v) is 8.23. The molecule has 0 fully saturated rings. The van der Waals surface area contributed by atoms with Crippen LogP contribution in [-0.2, 0) is 11.9 Å². The maximum absolute atomic E-state index is 12.6. The highest BCUT2D eigenvalue weighted by molar-refractivity contribution is 9.10. The van der Waals surface area contributed by atoms with Crippen molar-refractivity contribution in [2.24, 2.45) is 0 Å². The molecule has 0 aromatic heterocycles. The number of halogens is 5. The van der Waals surface area contributed by atoms with E-state index in [-0.39, 0.29) is 18.2 Å². The highest BCUT2D eigenvalue weighted by Crippen LogP contribution is 2.18. The summed E-state index contributed by atoms with van der Waals surface area (Å²) in [5, 5.41) is 9.37. The highest BCUT2D eigenvalue weighted by Gasteiger charge is 1.98. The molecule has 1 N–H and O–H groups in total. The Morgan fingerprint density at radius 2 is 1.30 bits per heavy atom. The van der Waals surface area contributed by atoms with Crippen molar-refractivity contribution in [3.63, 3.8) is 0 Å². The summed E-state index contributed by atoms with van der Waals surface area (Å²) < 4.78 is 26.0. The fraction of sp³-hybridized carbons (Fsp3) is 0.143. The van der Waals surface area contributed by atoms with E-state index in [2.05, 4.69) is 47.8 Å². The summed E-state index contributed by atoms with van der Waals surface area (Å²) in [6.07, 6.45) is 0.